The van der Waals surface area contributed by atoms with Gasteiger partial charge in [-0.1, -0.05) is 29.8 Å². The van der Waals surface area contributed by atoms with E-state index in [2.05, 4.69) is 10.1 Å². The van der Waals surface area contributed by atoms with Crippen LogP contribution in [0.3, 0.4) is 0 Å². The molecule has 1 aromatic heterocycles. The predicted octanol–water partition coefficient (Wildman–Crippen LogP) is 3.50. The normalized spacial score (nSPS) is 15.4. The molecule has 11 heteroatoms. The molecule has 3 aromatic rings. The maximum Gasteiger partial charge on any atom is 0.321 e. The predicted molar refractivity (Wildman–Crippen MR) is 133 cm³/mol. The number of nitrogens with zero attached hydrogens (tertiary/aromatic N) is 1. The molecule has 0 unspecified atom stereocenters. The van der Waals surface area contributed by atoms with Crippen LogP contribution in [0.25, 0.3) is 5.70 Å². The van der Waals surface area contributed by atoms with Gasteiger partial charge >= 0.3 is 5.97 Å². The zero-order valence-electron chi connectivity index (χ0n) is 19.5. The zero-order valence-corrected chi connectivity index (χ0v) is 21.1. The Morgan fingerprint density at radius 3 is 2.53 bits per heavy atom. The number of esters is 1. The molecule has 1 aliphatic rings. The molecule has 2 N–H and O–H groups in total. The summed E-state index contributed by atoms with van der Waals surface area (Å²) < 4.78 is 37.7. The summed E-state index contributed by atoms with van der Waals surface area (Å²) in [7, 11) is -3.92. The van der Waals surface area contributed by atoms with Crippen molar-refractivity contribution in [1.82, 2.24) is 15.2 Å². The molecule has 2 heterocycles. The third-order valence-electron chi connectivity index (χ3n) is 5.65. The Morgan fingerprint density at radius 2 is 1.86 bits per heavy atom. The largest absolute Gasteiger partial charge is 0.467 e. The summed E-state index contributed by atoms with van der Waals surface area (Å²) in [6.07, 6.45) is 3.30. The molecule has 0 fully saturated rings. The third-order valence-corrected chi connectivity index (χ3v) is 7.30. The van der Waals surface area contributed by atoms with Gasteiger partial charge in [0, 0.05) is 5.02 Å². The van der Waals surface area contributed by atoms with Gasteiger partial charge < -0.3 is 9.15 Å². The maximum atomic E-state index is 12.9. The molecule has 36 heavy (non-hydrogen) atoms. The molecular formula is C25H24ClN3O6S. The topological polar surface area (TPSA) is 118 Å². The highest BCUT2D eigenvalue weighted by Gasteiger charge is 2.33. The Bertz CT molecular complexity index is 1400. The van der Waals surface area contributed by atoms with E-state index in [0.717, 1.165) is 16.7 Å². The lowest BCUT2D eigenvalue weighted by Crippen LogP contribution is -2.42. The van der Waals surface area contributed by atoms with Crippen LogP contribution in [0.15, 0.2) is 76.2 Å². The fraction of sp³-hybridized carbons (Fsp3) is 0.200. The van der Waals surface area contributed by atoms with Gasteiger partial charge in [0.05, 0.1) is 16.9 Å². The smallest absolute Gasteiger partial charge is 0.321 e. The molecule has 0 aliphatic carbocycles. The highest BCUT2D eigenvalue weighted by Crippen LogP contribution is 2.32. The molecule has 0 spiro atoms. The number of aryl methyl sites for hydroxylation is 2. The Balaban J connectivity index is 1.37. The molecule has 9 nitrogen and oxygen atoms in total. The summed E-state index contributed by atoms with van der Waals surface area (Å²) in [6.45, 7) is 2.44. The van der Waals surface area contributed by atoms with Gasteiger partial charge in [-0.05, 0) is 73.0 Å². The summed E-state index contributed by atoms with van der Waals surface area (Å²) in [4.78, 5) is 25.2. The minimum Gasteiger partial charge on any atom is -0.467 e. The van der Waals surface area contributed by atoms with E-state index in [1.54, 1.807) is 55.5 Å². The van der Waals surface area contributed by atoms with Crippen LogP contribution < -0.4 is 10.1 Å². The second-order valence-electron chi connectivity index (χ2n) is 8.15. The van der Waals surface area contributed by atoms with Gasteiger partial charge in [-0.3, -0.25) is 15.0 Å². The lowest BCUT2D eigenvalue weighted by Gasteiger charge is -2.23. The lowest BCUT2D eigenvalue weighted by molar-refractivity contribution is -0.152. The number of ether oxygens (including phenoxy) is 1. The van der Waals surface area contributed by atoms with E-state index in [0.29, 0.717) is 16.5 Å². The van der Waals surface area contributed by atoms with Crippen molar-refractivity contribution in [3.63, 3.8) is 0 Å². The van der Waals surface area contributed by atoms with E-state index in [1.165, 1.54) is 23.4 Å². The van der Waals surface area contributed by atoms with Crippen molar-refractivity contribution < 1.29 is 27.2 Å². The summed E-state index contributed by atoms with van der Waals surface area (Å²) in [6, 6.07) is 14.6. The summed E-state index contributed by atoms with van der Waals surface area (Å²) >= 11 is 5.97. The molecule has 0 radical (unpaired) electrons. The molecule has 1 aliphatic heterocycles. The number of furan rings is 1. The molecule has 2 aromatic carbocycles. The van der Waals surface area contributed by atoms with Crippen molar-refractivity contribution in [2.45, 2.75) is 24.8 Å². The number of amides is 1. The van der Waals surface area contributed by atoms with Gasteiger partial charge in [-0.15, -0.1) is 0 Å². The van der Waals surface area contributed by atoms with E-state index >= 15 is 0 Å². The number of hydrogen-bond acceptors (Lipinski definition) is 7. The van der Waals surface area contributed by atoms with Gasteiger partial charge in [-0.25, -0.2) is 13.4 Å². The van der Waals surface area contributed by atoms with E-state index in [4.69, 9.17) is 20.8 Å². The number of hydrazine groups is 1. The van der Waals surface area contributed by atoms with E-state index in [-0.39, 0.29) is 4.90 Å². The van der Waals surface area contributed by atoms with Crippen LogP contribution in [0.1, 0.15) is 28.5 Å². The monoisotopic (exact) mass is 529 g/mol. The Hall–Kier alpha value is -3.60. The lowest BCUT2D eigenvalue weighted by atomic mass is 10.1. The van der Waals surface area contributed by atoms with Crippen molar-refractivity contribution >= 4 is 39.2 Å². The van der Waals surface area contributed by atoms with Crippen LogP contribution in [0.4, 0.5) is 0 Å². The average Bonchev–Trinajstić information content (AvgIpc) is 3.54. The fourth-order valence-electron chi connectivity index (χ4n) is 3.53. The number of nitrogens with one attached hydrogen (secondary N) is 2. The molecule has 4 rings (SSSR count). The van der Waals surface area contributed by atoms with Crippen molar-refractivity contribution in [2.24, 2.45) is 0 Å². The van der Waals surface area contributed by atoms with Crippen molar-refractivity contribution in [3.8, 4) is 0 Å². The summed E-state index contributed by atoms with van der Waals surface area (Å²) in [5.41, 5.74) is 6.21. The molecule has 0 saturated heterocycles. The van der Waals surface area contributed by atoms with Crippen LogP contribution >= 0.6 is 11.6 Å². The highest BCUT2D eigenvalue weighted by atomic mass is 35.5. The number of carbonyl (C=O) groups excluding carboxylic acids is 2. The Morgan fingerprint density at radius 1 is 1.11 bits per heavy atom. The molecule has 0 saturated carbocycles. The minimum atomic E-state index is -3.92. The summed E-state index contributed by atoms with van der Waals surface area (Å²) in [5.74, 6) is -0.940. The fourth-order valence-corrected chi connectivity index (χ4v) is 4.71. The molecular weight excluding hydrogens is 506 g/mol. The quantitative estimate of drug-likeness (QED) is 0.429. The Kier molecular flexibility index (Phi) is 7.48. The van der Waals surface area contributed by atoms with Gasteiger partial charge in [0.2, 0.25) is 10.0 Å². The average molecular weight is 530 g/mol. The first-order valence-electron chi connectivity index (χ1n) is 11.0. The number of benzene rings is 2. The third kappa shape index (κ3) is 5.78. The second-order valence-corrected chi connectivity index (χ2v) is 10.4. The second kappa shape index (κ2) is 10.6. The number of halogens is 1. The maximum absolute atomic E-state index is 12.9. The SMILES string of the molecule is Cc1ccc(S(=O)(=O)NCC(=O)OCC(=O)N2NC(c3ccc(Cl)cc3)=C[C@@H]2c2ccco2)cc1C. The standard InChI is InChI=1S/C25H24ClN3O6S/c1-16-5-10-20(12-17(16)2)36(32,33)27-14-25(31)35-15-24(30)29-22(23-4-3-11-34-23)13-21(28-29)18-6-8-19(26)9-7-18/h3-13,22,27-28H,14-15H2,1-2H3/t22-/m1/s1. The van der Waals surface area contributed by atoms with Gasteiger partial charge in [0.1, 0.15) is 18.3 Å². The minimum absolute atomic E-state index is 0.0397. The van der Waals surface area contributed by atoms with Crippen LogP contribution in [-0.4, -0.2) is 38.5 Å². The number of carbonyl (C=O) groups is 2. The van der Waals surface area contributed by atoms with Crippen LogP contribution in [-0.2, 0) is 24.3 Å². The first kappa shape index (κ1) is 25.5. The van der Waals surface area contributed by atoms with Crippen LogP contribution in [0.2, 0.25) is 5.02 Å². The van der Waals surface area contributed by atoms with Gasteiger partial charge in [-0.2, -0.15) is 4.72 Å². The van der Waals surface area contributed by atoms with Crippen molar-refractivity contribution in [1.29, 1.82) is 0 Å². The number of hydrogen-bond donors (Lipinski definition) is 2. The summed E-state index contributed by atoms with van der Waals surface area (Å²) in [5, 5.41) is 1.86. The van der Waals surface area contributed by atoms with Crippen LogP contribution in [0.5, 0.6) is 0 Å². The molecule has 1 atom stereocenters. The van der Waals surface area contributed by atoms with E-state index in [1.807, 2.05) is 6.92 Å². The molecule has 0 bridgehead atoms. The first-order chi connectivity index (χ1) is 17.1. The first-order valence-corrected chi connectivity index (χ1v) is 12.8. The highest BCUT2D eigenvalue weighted by molar-refractivity contribution is 7.89. The van der Waals surface area contributed by atoms with Crippen molar-refractivity contribution in [2.75, 3.05) is 13.2 Å². The Labute approximate surface area is 213 Å². The zero-order chi connectivity index (χ0) is 25.9. The van der Waals surface area contributed by atoms with Crippen LogP contribution in [0, 0.1) is 13.8 Å². The number of sulfonamides is 1. The van der Waals surface area contributed by atoms with Crippen molar-refractivity contribution in [3.05, 3.63) is 94.4 Å². The van der Waals surface area contributed by atoms with E-state index < -0.39 is 41.1 Å². The van der Waals surface area contributed by atoms with E-state index in [9.17, 15) is 18.0 Å². The van der Waals surface area contributed by atoms with Gasteiger partial charge in [0.15, 0.2) is 6.61 Å². The van der Waals surface area contributed by atoms with Gasteiger partial charge in [0.25, 0.3) is 5.91 Å². The number of rotatable bonds is 8. The molecule has 1 amide bonds. The molecule has 188 valence electrons.